The Labute approximate surface area is 103 Å². The quantitative estimate of drug-likeness (QED) is 0.482. The van der Waals surface area contributed by atoms with Gasteiger partial charge in [-0.25, -0.2) is 0 Å². The van der Waals surface area contributed by atoms with Crippen LogP contribution in [0.25, 0.3) is 0 Å². The molecule has 0 aliphatic carbocycles. The van der Waals surface area contributed by atoms with Gasteiger partial charge < -0.3 is 14.6 Å². The monoisotopic (exact) mass is 328 g/mol. The molecule has 4 nitrogen and oxygen atoms in total. The van der Waals surface area contributed by atoms with Gasteiger partial charge in [0.05, 0.1) is 18.8 Å². The third-order valence-corrected chi connectivity index (χ3v) is 3.56. The summed E-state index contributed by atoms with van der Waals surface area (Å²) in [5.74, 6) is -0.330. The van der Waals surface area contributed by atoms with Crippen molar-refractivity contribution in [2.75, 3.05) is 6.61 Å². The fourth-order valence-corrected chi connectivity index (χ4v) is 2.46. The topological polar surface area (TPSA) is 55.8 Å². The lowest BCUT2D eigenvalue weighted by molar-refractivity contribution is -0.150. The number of aliphatic hydroxyl groups is 1. The van der Waals surface area contributed by atoms with E-state index in [0.717, 1.165) is 0 Å². The third kappa shape index (κ3) is 2.82. The minimum atomic E-state index is -0.821. The number of hydrogen-bond acceptors (Lipinski definition) is 4. The van der Waals surface area contributed by atoms with Gasteiger partial charge >= 0.3 is 5.97 Å². The van der Waals surface area contributed by atoms with Crippen LogP contribution >= 0.6 is 22.6 Å². The average Bonchev–Trinajstić information content (AvgIpc) is 2.46. The minimum absolute atomic E-state index is 0.00600. The van der Waals surface area contributed by atoms with Crippen molar-refractivity contribution >= 4 is 28.6 Å². The van der Waals surface area contributed by atoms with Gasteiger partial charge in [0.15, 0.2) is 0 Å². The lowest BCUT2D eigenvalue weighted by Crippen LogP contribution is -2.47. The second-order valence-corrected chi connectivity index (χ2v) is 6.21. The number of carbonyl (C=O) groups is 1. The zero-order chi connectivity index (χ0) is 11.6. The van der Waals surface area contributed by atoms with Gasteiger partial charge in [0, 0.05) is 6.42 Å². The fourth-order valence-electron chi connectivity index (χ4n) is 1.74. The van der Waals surface area contributed by atoms with E-state index in [9.17, 15) is 9.90 Å². The molecule has 5 heteroatoms. The zero-order valence-electron chi connectivity index (χ0n) is 9.20. The van der Waals surface area contributed by atoms with E-state index in [1.165, 1.54) is 0 Å². The average molecular weight is 328 g/mol. The molecule has 0 radical (unpaired) electrons. The number of alkyl halides is 1. The van der Waals surface area contributed by atoms with Crippen molar-refractivity contribution in [3.05, 3.63) is 0 Å². The normalized spacial score (nSPS) is 34.9. The Morgan fingerprint density at radius 1 is 1.73 bits per heavy atom. The summed E-state index contributed by atoms with van der Waals surface area (Å²) in [6, 6.07) is 0. The van der Waals surface area contributed by atoms with Crippen molar-refractivity contribution in [1.29, 1.82) is 0 Å². The minimum Gasteiger partial charge on any atom is -0.465 e. The van der Waals surface area contributed by atoms with Gasteiger partial charge in [-0.3, -0.25) is 4.79 Å². The smallest absolute Gasteiger partial charge is 0.324 e. The van der Waals surface area contributed by atoms with Crippen LogP contribution in [0.4, 0.5) is 0 Å². The number of carbonyl (C=O) groups excluding carboxylic acids is 1. The first kappa shape index (κ1) is 13.2. The van der Waals surface area contributed by atoms with Crippen LogP contribution < -0.4 is 0 Å². The lowest BCUT2D eigenvalue weighted by atomic mass is 9.99. The Kier molecular flexibility index (Phi) is 4.37. The first-order valence-electron chi connectivity index (χ1n) is 5.09. The van der Waals surface area contributed by atoms with Crippen molar-refractivity contribution in [3.8, 4) is 0 Å². The molecule has 0 unspecified atom stereocenters. The standard InChI is InChI=1S/C10H17IO4/c1-4-14-9(13)10(3,11)8-7(12)5-6(2)15-8/h6-8,12H,4-5H2,1-3H3/t6-,7+,8+,10+/m1/s1. The maximum atomic E-state index is 11.7. The van der Waals surface area contributed by atoms with Gasteiger partial charge in [-0.05, 0) is 20.8 Å². The van der Waals surface area contributed by atoms with E-state index in [1.54, 1.807) is 13.8 Å². The molecule has 88 valence electrons. The third-order valence-electron chi connectivity index (χ3n) is 2.51. The summed E-state index contributed by atoms with van der Waals surface area (Å²) in [7, 11) is 0. The molecule has 0 aromatic carbocycles. The molecule has 1 N–H and O–H groups in total. The Hall–Kier alpha value is 0.120. The Morgan fingerprint density at radius 2 is 2.33 bits per heavy atom. The molecule has 15 heavy (non-hydrogen) atoms. The van der Waals surface area contributed by atoms with E-state index in [0.29, 0.717) is 13.0 Å². The first-order valence-corrected chi connectivity index (χ1v) is 6.17. The van der Waals surface area contributed by atoms with Gasteiger partial charge in [-0.15, -0.1) is 0 Å². The van der Waals surface area contributed by atoms with E-state index in [1.807, 2.05) is 29.5 Å². The summed E-state index contributed by atoms with van der Waals surface area (Å²) in [5, 5.41) is 9.77. The highest BCUT2D eigenvalue weighted by Gasteiger charge is 2.49. The van der Waals surface area contributed by atoms with E-state index in [-0.39, 0.29) is 12.1 Å². The fraction of sp³-hybridized carbons (Fsp3) is 0.900. The molecule has 0 saturated carbocycles. The molecule has 1 fully saturated rings. The Bertz CT molecular complexity index is 242. The first-order chi connectivity index (χ1) is 6.89. The maximum Gasteiger partial charge on any atom is 0.324 e. The SMILES string of the molecule is CCOC(=O)[C@@](C)(I)[C@H]1O[C@H](C)C[C@@H]1O. The molecule has 1 rings (SSSR count). The van der Waals surface area contributed by atoms with Crippen molar-refractivity contribution in [3.63, 3.8) is 0 Å². The van der Waals surface area contributed by atoms with E-state index >= 15 is 0 Å². The van der Waals surface area contributed by atoms with Gasteiger partial charge in [0.2, 0.25) is 0 Å². The molecular formula is C10H17IO4. The van der Waals surface area contributed by atoms with E-state index in [2.05, 4.69) is 0 Å². The molecule has 0 aromatic heterocycles. The number of halogens is 1. The molecule has 0 aromatic rings. The second-order valence-electron chi connectivity index (χ2n) is 3.97. The van der Waals surface area contributed by atoms with Crippen LogP contribution in [0.2, 0.25) is 0 Å². The van der Waals surface area contributed by atoms with Gasteiger partial charge in [0.25, 0.3) is 0 Å². The van der Waals surface area contributed by atoms with Crippen LogP contribution in [0.3, 0.4) is 0 Å². The van der Waals surface area contributed by atoms with Crippen molar-refractivity contribution < 1.29 is 19.4 Å². The summed E-state index contributed by atoms with van der Waals surface area (Å²) in [5.41, 5.74) is 0. The molecule has 1 heterocycles. The van der Waals surface area contributed by atoms with Gasteiger partial charge in [-0.1, -0.05) is 22.6 Å². The Morgan fingerprint density at radius 3 is 2.73 bits per heavy atom. The van der Waals surface area contributed by atoms with Crippen LogP contribution in [-0.4, -0.2) is 39.4 Å². The van der Waals surface area contributed by atoms with E-state index in [4.69, 9.17) is 9.47 Å². The number of aliphatic hydroxyl groups excluding tert-OH is 1. The van der Waals surface area contributed by atoms with Crippen molar-refractivity contribution in [2.24, 2.45) is 0 Å². The molecule has 1 aliphatic rings. The summed E-state index contributed by atoms with van der Waals surface area (Å²) >= 11 is 1.99. The summed E-state index contributed by atoms with van der Waals surface area (Å²) in [6.45, 7) is 5.73. The number of ether oxygens (including phenoxy) is 2. The highest BCUT2D eigenvalue weighted by Crippen LogP contribution is 2.35. The van der Waals surface area contributed by atoms with Crippen molar-refractivity contribution in [2.45, 2.75) is 48.9 Å². The second kappa shape index (κ2) is 4.97. The number of hydrogen-bond donors (Lipinski definition) is 1. The van der Waals surface area contributed by atoms with E-state index < -0.39 is 15.6 Å². The Balaban J connectivity index is 2.72. The largest absolute Gasteiger partial charge is 0.465 e. The van der Waals surface area contributed by atoms with Gasteiger partial charge in [0.1, 0.15) is 9.53 Å². The summed E-state index contributed by atoms with van der Waals surface area (Å²) in [6.07, 6.45) is -0.505. The van der Waals surface area contributed by atoms with Crippen molar-refractivity contribution in [1.82, 2.24) is 0 Å². The predicted octanol–water partition coefficient (Wildman–Crippen LogP) is 1.28. The maximum absolute atomic E-state index is 11.7. The van der Waals surface area contributed by atoms with Crippen LogP contribution in [-0.2, 0) is 14.3 Å². The lowest BCUT2D eigenvalue weighted by Gasteiger charge is -2.28. The van der Waals surface area contributed by atoms with Crippen LogP contribution in [0.1, 0.15) is 27.2 Å². The van der Waals surface area contributed by atoms with Gasteiger partial charge in [-0.2, -0.15) is 0 Å². The molecule has 4 atom stereocenters. The summed E-state index contributed by atoms with van der Waals surface area (Å²) in [4.78, 5) is 11.7. The number of esters is 1. The summed E-state index contributed by atoms with van der Waals surface area (Å²) < 4.78 is 9.69. The molecule has 0 spiro atoms. The zero-order valence-corrected chi connectivity index (χ0v) is 11.4. The predicted molar refractivity (Wildman–Crippen MR) is 64.0 cm³/mol. The van der Waals surface area contributed by atoms with Crippen LogP contribution in [0.5, 0.6) is 0 Å². The highest BCUT2D eigenvalue weighted by molar-refractivity contribution is 14.1. The number of rotatable bonds is 3. The molecule has 1 saturated heterocycles. The highest BCUT2D eigenvalue weighted by atomic mass is 127. The molecule has 0 amide bonds. The molecule has 1 aliphatic heterocycles. The molecular weight excluding hydrogens is 311 g/mol. The van der Waals surface area contributed by atoms with Crippen LogP contribution in [0, 0.1) is 0 Å². The molecule has 0 bridgehead atoms. The van der Waals surface area contributed by atoms with Crippen LogP contribution in [0.15, 0.2) is 0 Å².